The van der Waals surface area contributed by atoms with Gasteiger partial charge in [-0.15, -0.1) is 0 Å². The van der Waals surface area contributed by atoms with Crippen LogP contribution < -0.4 is 5.32 Å². The Morgan fingerprint density at radius 1 is 0.786 bits per heavy atom. The Morgan fingerprint density at radius 3 is 1.95 bits per heavy atom. The number of aromatic amines is 2. The number of carbonyl (C=O) groups excluding carboxylic acids is 4. The number of benzene rings is 2. The lowest BCUT2D eigenvalue weighted by Crippen LogP contribution is -2.53. The van der Waals surface area contributed by atoms with Crippen LogP contribution in [-0.4, -0.2) is 98.6 Å². The third kappa shape index (κ3) is 6.90. The Hall–Kier alpha value is -5.30. The van der Waals surface area contributed by atoms with E-state index in [0.717, 1.165) is 71.1 Å². The molecule has 5 heterocycles. The lowest BCUT2D eigenvalue weighted by molar-refractivity contribution is -0.724. The number of carbonyl (C=O) groups is 4. The van der Waals surface area contributed by atoms with Crippen molar-refractivity contribution in [3.8, 4) is 33.6 Å². The van der Waals surface area contributed by atoms with Crippen molar-refractivity contribution in [3.63, 3.8) is 0 Å². The summed E-state index contributed by atoms with van der Waals surface area (Å²) < 4.78 is 10.1. The van der Waals surface area contributed by atoms with E-state index in [1.807, 2.05) is 45.0 Å². The first-order valence-corrected chi connectivity index (χ1v) is 19.9. The third-order valence-electron chi connectivity index (χ3n) is 12.7. The molecule has 4 fully saturated rings. The number of hydrogen-bond acceptors (Lipinski definition) is 8. The molecule has 3 N–H and O–H groups in total. The number of esters is 1. The van der Waals surface area contributed by atoms with Crippen LogP contribution in [0, 0.1) is 23.7 Å². The first-order valence-electron chi connectivity index (χ1n) is 19.9. The SMILES string of the molecule is COC(=O)C[C@H](C(=O)N1C(c2ncc(-c3ccc(-c4ccc(-c5cnc(C6C[C@@H]7C[N@+]7(C(=O)[C@@H](NC(=O)OC)C(C)C)C6)[nH]5)cc4)cc3)[nH]2)C[C@@H]2C[C@@H]21)C(C)C. The van der Waals surface area contributed by atoms with Gasteiger partial charge in [-0.05, 0) is 52.8 Å². The number of likely N-dealkylation sites (tertiary alicyclic amines) is 1. The summed E-state index contributed by atoms with van der Waals surface area (Å²) >= 11 is 0. The number of piperidine rings is 2. The smallest absolute Gasteiger partial charge is 0.407 e. The Bertz CT molecular complexity index is 2120. The zero-order chi connectivity index (χ0) is 39.5. The van der Waals surface area contributed by atoms with Crippen LogP contribution in [0.5, 0.6) is 0 Å². The van der Waals surface area contributed by atoms with Crippen LogP contribution in [0.2, 0.25) is 0 Å². The fraction of sp³-hybridized carbons (Fsp3) is 0.488. The maximum absolute atomic E-state index is 13.8. The number of nitrogens with zero attached hydrogens (tertiary/aromatic N) is 4. The highest BCUT2D eigenvalue weighted by Gasteiger charge is 2.68. The number of aromatic nitrogens is 4. The summed E-state index contributed by atoms with van der Waals surface area (Å²) in [6.45, 7) is 9.33. The Balaban J connectivity index is 0.906. The minimum absolute atomic E-state index is 0.0139. The molecule has 13 heteroatoms. The van der Waals surface area contributed by atoms with E-state index in [1.54, 1.807) is 0 Å². The first-order chi connectivity index (χ1) is 26.9. The molecule has 8 atom stereocenters. The number of rotatable bonds is 12. The van der Waals surface area contributed by atoms with Crippen LogP contribution in [0.25, 0.3) is 33.6 Å². The molecule has 2 aromatic carbocycles. The molecular formula is C43H52N7O6+. The Kier molecular flexibility index (Phi) is 9.84. The largest absolute Gasteiger partial charge is 0.469 e. The van der Waals surface area contributed by atoms with Gasteiger partial charge in [-0.3, -0.25) is 9.59 Å². The molecule has 3 saturated heterocycles. The van der Waals surface area contributed by atoms with E-state index >= 15 is 0 Å². The summed E-state index contributed by atoms with van der Waals surface area (Å²) in [4.78, 5) is 70.1. The second kappa shape index (κ2) is 14.6. The highest BCUT2D eigenvalue weighted by Crippen LogP contribution is 2.54. The van der Waals surface area contributed by atoms with E-state index in [-0.39, 0.29) is 60.1 Å². The number of methoxy groups -OCH3 is 2. The molecule has 8 rings (SSSR count). The summed E-state index contributed by atoms with van der Waals surface area (Å²) in [5.74, 6) is 1.55. The van der Waals surface area contributed by atoms with Crippen molar-refractivity contribution < 1.29 is 33.1 Å². The molecule has 0 radical (unpaired) electrons. The number of nitrogens with one attached hydrogen (secondary N) is 3. The molecule has 1 aliphatic carbocycles. The fourth-order valence-electron chi connectivity index (χ4n) is 9.27. The summed E-state index contributed by atoms with van der Waals surface area (Å²) in [5, 5.41) is 2.75. The topological polar surface area (TPSA) is 159 Å². The van der Waals surface area contributed by atoms with Gasteiger partial charge in [0.1, 0.15) is 30.3 Å². The molecule has 3 amide bonds. The minimum Gasteiger partial charge on any atom is -0.469 e. The Labute approximate surface area is 327 Å². The molecule has 1 saturated carbocycles. The van der Waals surface area contributed by atoms with E-state index in [4.69, 9.17) is 19.4 Å². The molecular weight excluding hydrogens is 711 g/mol. The zero-order valence-corrected chi connectivity index (χ0v) is 33.0. The average molecular weight is 763 g/mol. The average Bonchev–Trinajstić information content (AvgIpc) is 3.72. The van der Waals surface area contributed by atoms with Gasteiger partial charge in [-0.25, -0.2) is 24.0 Å². The molecule has 13 nitrogen and oxygen atoms in total. The minimum atomic E-state index is -0.590. The highest BCUT2D eigenvalue weighted by atomic mass is 16.5. The summed E-state index contributed by atoms with van der Waals surface area (Å²) in [5.41, 5.74) is 6.04. The lowest BCUT2D eigenvalue weighted by atomic mass is 9.90. The predicted octanol–water partition coefficient (Wildman–Crippen LogP) is 6.22. The molecule has 4 aromatic rings. The van der Waals surface area contributed by atoms with Gasteiger partial charge in [-0.2, -0.15) is 0 Å². The van der Waals surface area contributed by atoms with E-state index < -0.39 is 18.1 Å². The van der Waals surface area contributed by atoms with Crippen LogP contribution >= 0.6 is 0 Å². The number of amides is 3. The van der Waals surface area contributed by atoms with Crippen LogP contribution in [0.3, 0.4) is 0 Å². The monoisotopic (exact) mass is 762 g/mol. The highest BCUT2D eigenvalue weighted by molar-refractivity contribution is 5.85. The van der Waals surface area contributed by atoms with Crippen LogP contribution in [0.4, 0.5) is 4.79 Å². The van der Waals surface area contributed by atoms with Gasteiger partial charge in [0.05, 0.1) is 68.8 Å². The number of ether oxygens (including phenoxy) is 2. The summed E-state index contributed by atoms with van der Waals surface area (Å²) in [6, 6.07) is 16.5. The normalized spacial score (nSPS) is 25.7. The fourth-order valence-corrected chi connectivity index (χ4v) is 9.27. The molecule has 2 aromatic heterocycles. The van der Waals surface area contributed by atoms with Crippen LogP contribution in [-0.2, 0) is 23.9 Å². The zero-order valence-electron chi connectivity index (χ0n) is 33.0. The molecule has 3 aliphatic heterocycles. The van der Waals surface area contributed by atoms with Gasteiger partial charge in [0.2, 0.25) is 5.91 Å². The van der Waals surface area contributed by atoms with E-state index in [0.29, 0.717) is 16.9 Å². The maximum Gasteiger partial charge on any atom is 0.407 e. The van der Waals surface area contributed by atoms with Gasteiger partial charge in [0.15, 0.2) is 0 Å². The van der Waals surface area contributed by atoms with Crippen LogP contribution in [0.1, 0.15) is 77.0 Å². The number of imidazole rings is 2. The number of alkyl carbamates (subject to hydrolysis) is 1. The van der Waals surface area contributed by atoms with Gasteiger partial charge in [-0.1, -0.05) is 76.2 Å². The summed E-state index contributed by atoms with van der Waals surface area (Å²) in [7, 11) is 2.68. The van der Waals surface area contributed by atoms with E-state index in [2.05, 4.69) is 63.8 Å². The van der Waals surface area contributed by atoms with Gasteiger partial charge >= 0.3 is 18.0 Å². The van der Waals surface area contributed by atoms with Gasteiger partial charge in [0.25, 0.3) is 0 Å². The standard InChI is InChI=1S/C43H51N7O6/c1-23(2)32(18-37(51)55-5)41(52)49-35-16-29(35)17-36(49)40-45-20-34(47-40)28-13-9-26(10-14-28)25-7-11-27(12-8-25)33-19-44-39(46-33)30-15-31-22-50(31,21-30)42(53)38(24(3)4)48-43(54)56-6/h7-14,19-20,23-24,29-32,35-36,38H,15-18,21-22H2,1-6H3,(H2-,44,45,46,47,48,54)/p+1/t29-,30?,31+,32-,35-,36?,38-,50+/m0/s1. The Morgan fingerprint density at radius 2 is 1.38 bits per heavy atom. The summed E-state index contributed by atoms with van der Waals surface area (Å²) in [6.07, 6.45) is 5.98. The molecule has 4 aliphatic rings. The lowest BCUT2D eigenvalue weighted by Gasteiger charge is -2.31. The van der Waals surface area contributed by atoms with E-state index in [1.165, 1.54) is 14.2 Å². The predicted molar refractivity (Wildman–Crippen MR) is 208 cm³/mol. The first kappa shape index (κ1) is 37.6. The van der Waals surface area contributed by atoms with E-state index in [9.17, 15) is 19.2 Å². The third-order valence-corrected chi connectivity index (χ3v) is 12.7. The van der Waals surface area contributed by atoms with Crippen molar-refractivity contribution in [2.45, 2.75) is 83.5 Å². The van der Waals surface area contributed by atoms with Crippen molar-refractivity contribution in [1.82, 2.24) is 30.2 Å². The molecule has 56 heavy (non-hydrogen) atoms. The molecule has 0 spiro atoms. The van der Waals surface area contributed by atoms with Crippen molar-refractivity contribution in [2.75, 3.05) is 27.3 Å². The number of fused-ring (bicyclic) bond motifs is 2. The molecule has 0 bridgehead atoms. The maximum atomic E-state index is 13.8. The molecule has 294 valence electrons. The van der Waals surface area contributed by atoms with Gasteiger partial charge in [0, 0.05) is 12.5 Å². The molecule has 2 unspecified atom stereocenters. The van der Waals surface area contributed by atoms with Crippen molar-refractivity contribution >= 4 is 23.9 Å². The quantitative estimate of drug-likeness (QED) is 0.0872. The number of H-pyrrole nitrogens is 2. The van der Waals surface area contributed by atoms with Gasteiger partial charge < -0.3 is 29.7 Å². The number of quaternary nitrogens is 1. The van der Waals surface area contributed by atoms with Crippen LogP contribution in [0.15, 0.2) is 60.9 Å². The van der Waals surface area contributed by atoms with Crippen molar-refractivity contribution in [1.29, 1.82) is 0 Å². The van der Waals surface area contributed by atoms with Crippen molar-refractivity contribution in [3.05, 3.63) is 72.6 Å². The second-order valence-corrected chi connectivity index (χ2v) is 16.9. The number of hydrogen-bond donors (Lipinski definition) is 3. The van der Waals surface area contributed by atoms with Crippen molar-refractivity contribution in [2.24, 2.45) is 23.7 Å². The second-order valence-electron chi connectivity index (χ2n) is 16.9.